The van der Waals surface area contributed by atoms with E-state index in [1.807, 2.05) is 19.9 Å². The van der Waals surface area contributed by atoms with Gasteiger partial charge in [-0.3, -0.25) is 4.79 Å². The summed E-state index contributed by atoms with van der Waals surface area (Å²) in [7, 11) is 0. The molecular formula is C24H20N2O5. The number of hydrogen-bond acceptors (Lipinski definition) is 5. The summed E-state index contributed by atoms with van der Waals surface area (Å²) in [5.41, 5.74) is 1.22. The van der Waals surface area contributed by atoms with Crippen LogP contribution in [0.25, 0.3) is 17.4 Å². The van der Waals surface area contributed by atoms with E-state index in [1.165, 1.54) is 18.2 Å². The Hall–Kier alpha value is -4.31. The summed E-state index contributed by atoms with van der Waals surface area (Å²) in [4.78, 5) is 23.5. The fourth-order valence-electron chi connectivity index (χ4n) is 2.77. The minimum absolute atomic E-state index is 0.00556. The number of aromatic carboxylic acids is 1. The molecule has 1 amide bonds. The first-order chi connectivity index (χ1) is 14.9. The van der Waals surface area contributed by atoms with E-state index < -0.39 is 11.9 Å². The van der Waals surface area contributed by atoms with Crippen molar-refractivity contribution in [2.75, 3.05) is 5.32 Å². The Balaban J connectivity index is 1.75. The molecule has 7 heteroatoms. The molecule has 0 saturated heterocycles. The van der Waals surface area contributed by atoms with Crippen molar-refractivity contribution in [1.29, 1.82) is 5.26 Å². The van der Waals surface area contributed by atoms with Crippen LogP contribution >= 0.6 is 0 Å². The number of nitrogens with zero attached hydrogens (tertiary/aromatic N) is 1. The van der Waals surface area contributed by atoms with Gasteiger partial charge in [-0.15, -0.1) is 0 Å². The minimum atomic E-state index is -1.01. The van der Waals surface area contributed by atoms with Crippen molar-refractivity contribution in [2.24, 2.45) is 0 Å². The summed E-state index contributed by atoms with van der Waals surface area (Å²) in [6, 6.07) is 18.3. The van der Waals surface area contributed by atoms with Crippen LogP contribution < -0.4 is 10.1 Å². The molecule has 7 nitrogen and oxygen atoms in total. The molecule has 156 valence electrons. The summed E-state index contributed by atoms with van der Waals surface area (Å²) in [6.45, 7) is 3.81. The SMILES string of the molecule is CC(C)Oc1cccc(NC(=O)/C(C#N)=C\c2ccc(-c3ccc(C(=O)O)cc3)o2)c1. The van der Waals surface area contributed by atoms with Crippen molar-refractivity contribution in [2.45, 2.75) is 20.0 Å². The first kappa shape index (κ1) is 21.4. The van der Waals surface area contributed by atoms with Crippen LogP contribution in [0.2, 0.25) is 0 Å². The van der Waals surface area contributed by atoms with E-state index in [9.17, 15) is 14.9 Å². The third kappa shape index (κ3) is 5.61. The summed E-state index contributed by atoms with van der Waals surface area (Å²) in [5, 5.41) is 21.1. The van der Waals surface area contributed by atoms with Crippen molar-refractivity contribution >= 4 is 23.6 Å². The minimum Gasteiger partial charge on any atom is -0.491 e. The maximum absolute atomic E-state index is 12.5. The Morgan fingerprint density at radius 3 is 2.52 bits per heavy atom. The third-order valence-corrected chi connectivity index (χ3v) is 4.16. The topological polar surface area (TPSA) is 113 Å². The Morgan fingerprint density at radius 2 is 1.87 bits per heavy atom. The molecule has 0 aliphatic rings. The van der Waals surface area contributed by atoms with E-state index in [0.29, 0.717) is 28.5 Å². The maximum Gasteiger partial charge on any atom is 0.335 e. The number of nitrogens with one attached hydrogen (secondary N) is 1. The van der Waals surface area contributed by atoms with Gasteiger partial charge in [0.1, 0.15) is 28.9 Å². The van der Waals surface area contributed by atoms with Crippen molar-refractivity contribution in [1.82, 2.24) is 0 Å². The summed E-state index contributed by atoms with van der Waals surface area (Å²) < 4.78 is 11.3. The molecular weight excluding hydrogens is 396 g/mol. The smallest absolute Gasteiger partial charge is 0.335 e. The number of ether oxygens (including phenoxy) is 1. The second-order valence-electron chi connectivity index (χ2n) is 6.90. The molecule has 31 heavy (non-hydrogen) atoms. The molecule has 2 aromatic carbocycles. The van der Waals surface area contributed by atoms with Gasteiger partial charge in [0.25, 0.3) is 5.91 Å². The molecule has 0 atom stereocenters. The van der Waals surface area contributed by atoms with Gasteiger partial charge >= 0.3 is 5.97 Å². The lowest BCUT2D eigenvalue weighted by molar-refractivity contribution is -0.112. The first-order valence-electron chi connectivity index (χ1n) is 9.49. The average Bonchev–Trinajstić information content (AvgIpc) is 3.20. The van der Waals surface area contributed by atoms with Crippen LogP contribution in [0.5, 0.6) is 5.75 Å². The van der Waals surface area contributed by atoms with Gasteiger partial charge in [-0.25, -0.2) is 4.79 Å². The Bertz CT molecular complexity index is 1170. The molecule has 3 aromatic rings. The van der Waals surface area contributed by atoms with Crippen molar-refractivity contribution in [3.05, 3.63) is 77.6 Å². The quantitative estimate of drug-likeness (QED) is 0.415. The average molecular weight is 416 g/mol. The zero-order chi connectivity index (χ0) is 22.4. The fourth-order valence-corrected chi connectivity index (χ4v) is 2.77. The van der Waals surface area contributed by atoms with E-state index in [4.69, 9.17) is 14.3 Å². The molecule has 1 aromatic heterocycles. The van der Waals surface area contributed by atoms with Crippen LogP contribution in [0.4, 0.5) is 5.69 Å². The molecule has 0 fully saturated rings. The summed E-state index contributed by atoms with van der Waals surface area (Å²) in [6.07, 6.45) is 1.34. The lowest BCUT2D eigenvalue weighted by atomic mass is 10.1. The first-order valence-corrected chi connectivity index (χ1v) is 9.49. The predicted molar refractivity (Wildman–Crippen MR) is 116 cm³/mol. The van der Waals surface area contributed by atoms with Crippen LogP contribution in [-0.2, 0) is 4.79 Å². The van der Waals surface area contributed by atoms with E-state index in [-0.39, 0.29) is 17.2 Å². The highest BCUT2D eigenvalue weighted by Gasteiger charge is 2.12. The molecule has 0 unspecified atom stereocenters. The van der Waals surface area contributed by atoms with Gasteiger partial charge in [-0.2, -0.15) is 5.26 Å². The molecule has 1 heterocycles. The van der Waals surface area contributed by atoms with Gasteiger partial charge in [-0.1, -0.05) is 18.2 Å². The lowest BCUT2D eigenvalue weighted by Gasteiger charge is -2.11. The summed E-state index contributed by atoms with van der Waals surface area (Å²) in [5.74, 6) is -0.172. The van der Waals surface area contributed by atoms with E-state index in [0.717, 1.165) is 0 Å². The molecule has 3 rings (SSSR count). The Kier molecular flexibility index (Phi) is 6.53. The largest absolute Gasteiger partial charge is 0.491 e. The van der Waals surface area contributed by atoms with Crippen LogP contribution in [0.15, 0.2) is 70.7 Å². The van der Waals surface area contributed by atoms with Gasteiger partial charge in [0, 0.05) is 23.4 Å². The number of anilines is 1. The highest BCUT2D eigenvalue weighted by atomic mass is 16.5. The fraction of sp³-hybridized carbons (Fsp3) is 0.125. The van der Waals surface area contributed by atoms with Gasteiger partial charge in [0.15, 0.2) is 0 Å². The third-order valence-electron chi connectivity index (χ3n) is 4.16. The number of carbonyl (C=O) groups excluding carboxylic acids is 1. The van der Waals surface area contributed by atoms with Crippen LogP contribution in [-0.4, -0.2) is 23.1 Å². The van der Waals surface area contributed by atoms with Crippen LogP contribution in [0, 0.1) is 11.3 Å². The number of nitriles is 1. The Labute approximate surface area is 179 Å². The van der Waals surface area contributed by atoms with Gasteiger partial charge in [0.05, 0.1) is 11.7 Å². The number of carboxylic acids is 1. The zero-order valence-electron chi connectivity index (χ0n) is 17.0. The van der Waals surface area contributed by atoms with Gasteiger partial charge in [0.2, 0.25) is 0 Å². The number of amides is 1. The van der Waals surface area contributed by atoms with Gasteiger partial charge in [-0.05, 0) is 50.2 Å². The molecule has 0 aliphatic heterocycles. The number of hydrogen-bond donors (Lipinski definition) is 2. The second-order valence-corrected chi connectivity index (χ2v) is 6.90. The number of benzene rings is 2. The number of carboxylic acid groups (broad SMARTS) is 1. The maximum atomic E-state index is 12.5. The van der Waals surface area contributed by atoms with Crippen molar-refractivity contribution in [3.63, 3.8) is 0 Å². The van der Waals surface area contributed by atoms with E-state index in [2.05, 4.69) is 5.32 Å². The standard InChI is InChI=1S/C24H20N2O5/c1-15(2)30-20-5-3-4-19(13-20)26-23(27)18(14-25)12-21-10-11-22(31-21)16-6-8-17(9-7-16)24(28)29/h3-13,15H,1-2H3,(H,26,27)(H,28,29)/b18-12-. The van der Waals surface area contributed by atoms with Crippen LogP contribution in [0.1, 0.15) is 30.0 Å². The van der Waals surface area contributed by atoms with Crippen molar-refractivity contribution < 1.29 is 23.8 Å². The summed E-state index contributed by atoms with van der Waals surface area (Å²) >= 11 is 0. The molecule has 0 saturated carbocycles. The van der Waals surface area contributed by atoms with Crippen LogP contribution in [0.3, 0.4) is 0 Å². The van der Waals surface area contributed by atoms with E-state index in [1.54, 1.807) is 48.5 Å². The lowest BCUT2D eigenvalue weighted by Crippen LogP contribution is -2.13. The Morgan fingerprint density at radius 1 is 1.13 bits per heavy atom. The monoisotopic (exact) mass is 416 g/mol. The van der Waals surface area contributed by atoms with E-state index >= 15 is 0 Å². The number of rotatable bonds is 7. The molecule has 0 spiro atoms. The van der Waals surface area contributed by atoms with Crippen molar-refractivity contribution in [3.8, 4) is 23.1 Å². The second kappa shape index (κ2) is 9.46. The normalized spacial score (nSPS) is 11.1. The molecule has 0 bridgehead atoms. The highest BCUT2D eigenvalue weighted by Crippen LogP contribution is 2.24. The number of furan rings is 1. The molecule has 0 radical (unpaired) electrons. The van der Waals surface area contributed by atoms with Gasteiger partial charge < -0.3 is 19.6 Å². The number of carbonyl (C=O) groups is 2. The highest BCUT2D eigenvalue weighted by molar-refractivity contribution is 6.09. The predicted octanol–water partition coefficient (Wildman–Crippen LogP) is 4.98. The zero-order valence-corrected chi connectivity index (χ0v) is 17.0. The molecule has 0 aliphatic carbocycles. The molecule has 2 N–H and O–H groups in total.